The fourth-order valence-electron chi connectivity index (χ4n) is 4.83. The van der Waals surface area contributed by atoms with E-state index in [4.69, 9.17) is 0 Å². The molecule has 1 fully saturated rings. The second kappa shape index (κ2) is 11.3. The van der Waals surface area contributed by atoms with Crippen LogP contribution in [-0.4, -0.2) is 53.1 Å². The summed E-state index contributed by atoms with van der Waals surface area (Å²) in [7, 11) is 0. The number of carbonyl (C=O) groups excluding carboxylic acids is 4. The third-order valence-electron chi connectivity index (χ3n) is 6.80. The molecule has 2 aliphatic heterocycles. The largest absolute Gasteiger partial charge is 0.356 e. The van der Waals surface area contributed by atoms with E-state index >= 15 is 0 Å². The van der Waals surface area contributed by atoms with Crippen LogP contribution in [-0.2, 0) is 11.3 Å². The van der Waals surface area contributed by atoms with Gasteiger partial charge in [0.15, 0.2) is 0 Å². The molecule has 4 rings (SSSR count). The van der Waals surface area contributed by atoms with E-state index in [9.17, 15) is 19.2 Å². The van der Waals surface area contributed by atoms with E-state index in [2.05, 4.69) is 12.2 Å². The molecule has 0 bridgehead atoms. The highest BCUT2D eigenvalue weighted by Gasteiger charge is 2.35. The maximum Gasteiger partial charge on any atom is 0.261 e. The fraction of sp³-hybridized carbons (Fsp3) is 0.429. The number of imide groups is 1. The lowest BCUT2D eigenvalue weighted by Gasteiger charge is -2.32. The number of rotatable bonds is 9. The maximum absolute atomic E-state index is 13.2. The molecule has 0 aliphatic carbocycles. The monoisotopic (exact) mass is 475 g/mol. The highest BCUT2D eigenvalue weighted by Crippen LogP contribution is 2.25. The lowest BCUT2D eigenvalue weighted by Crippen LogP contribution is -2.45. The van der Waals surface area contributed by atoms with E-state index in [1.54, 1.807) is 47.4 Å². The first-order valence-corrected chi connectivity index (χ1v) is 12.6. The van der Waals surface area contributed by atoms with Crippen molar-refractivity contribution in [2.75, 3.05) is 19.6 Å². The zero-order valence-electron chi connectivity index (χ0n) is 20.3. The summed E-state index contributed by atoms with van der Waals surface area (Å²) in [4.78, 5) is 54.2. The van der Waals surface area contributed by atoms with Crippen LogP contribution >= 0.6 is 0 Å². The summed E-state index contributed by atoms with van der Waals surface area (Å²) in [5.41, 5.74) is 2.03. The van der Waals surface area contributed by atoms with Gasteiger partial charge in [0.25, 0.3) is 17.7 Å². The summed E-state index contributed by atoms with van der Waals surface area (Å²) in [5.74, 6) is -0.933. The third kappa shape index (κ3) is 5.61. The highest BCUT2D eigenvalue weighted by atomic mass is 16.2. The molecule has 1 saturated heterocycles. The number of hydrogen-bond acceptors (Lipinski definition) is 4. The third-order valence-corrected chi connectivity index (χ3v) is 6.80. The summed E-state index contributed by atoms with van der Waals surface area (Å²) in [6.07, 6.45) is 6.00. The van der Waals surface area contributed by atoms with E-state index in [0.29, 0.717) is 41.9 Å². The van der Waals surface area contributed by atoms with Gasteiger partial charge in [-0.05, 0) is 49.1 Å². The molecule has 184 valence electrons. The van der Waals surface area contributed by atoms with Gasteiger partial charge in [0.05, 0.1) is 23.6 Å². The first-order chi connectivity index (χ1) is 17.0. The summed E-state index contributed by atoms with van der Waals surface area (Å²) < 4.78 is 0. The van der Waals surface area contributed by atoms with Gasteiger partial charge in [-0.3, -0.25) is 24.1 Å². The van der Waals surface area contributed by atoms with Gasteiger partial charge in [0.2, 0.25) is 5.91 Å². The molecule has 7 heteroatoms. The van der Waals surface area contributed by atoms with Crippen molar-refractivity contribution in [3.8, 4) is 0 Å². The van der Waals surface area contributed by atoms with Crippen LogP contribution in [0.2, 0.25) is 0 Å². The molecule has 7 nitrogen and oxygen atoms in total. The number of hydrogen-bond donors (Lipinski definition) is 1. The SMILES string of the molecule is CCCCCCNC(=O)C1CCCN(C(=O)c2cccc(CN3C(=O)c4ccccc4C3=O)c2)C1. The topological polar surface area (TPSA) is 86.8 Å². The van der Waals surface area contributed by atoms with Gasteiger partial charge in [0.1, 0.15) is 0 Å². The standard InChI is InChI=1S/C28H33N3O4/c1-2-3-4-7-15-29-25(32)22-12-9-16-30(19-22)26(33)21-11-8-10-20(17-21)18-31-27(34)23-13-5-6-14-24(23)28(31)35/h5-6,8,10-11,13-14,17,22H,2-4,7,9,12,15-16,18-19H2,1H3,(H,29,32). The van der Waals surface area contributed by atoms with Gasteiger partial charge in [-0.15, -0.1) is 0 Å². The van der Waals surface area contributed by atoms with Gasteiger partial charge >= 0.3 is 0 Å². The van der Waals surface area contributed by atoms with Crippen LogP contribution in [0.5, 0.6) is 0 Å². The minimum absolute atomic E-state index is 0.0263. The molecule has 0 spiro atoms. The van der Waals surface area contributed by atoms with E-state index in [-0.39, 0.29) is 36.1 Å². The van der Waals surface area contributed by atoms with Crippen molar-refractivity contribution in [3.63, 3.8) is 0 Å². The molecule has 2 aromatic carbocycles. The van der Waals surface area contributed by atoms with Gasteiger partial charge in [0, 0.05) is 25.2 Å². The van der Waals surface area contributed by atoms with E-state index in [0.717, 1.165) is 32.1 Å². The number of benzene rings is 2. The molecule has 2 aromatic rings. The molecular weight excluding hydrogens is 442 g/mol. The van der Waals surface area contributed by atoms with Crippen molar-refractivity contribution in [1.82, 2.24) is 15.1 Å². The quantitative estimate of drug-likeness (QED) is 0.438. The Labute approximate surface area is 206 Å². The Bertz CT molecular complexity index is 1080. The number of fused-ring (bicyclic) bond motifs is 1. The number of carbonyl (C=O) groups is 4. The average molecular weight is 476 g/mol. The van der Waals surface area contributed by atoms with Crippen molar-refractivity contribution < 1.29 is 19.2 Å². The van der Waals surface area contributed by atoms with Crippen LogP contribution in [0.15, 0.2) is 48.5 Å². The first-order valence-electron chi connectivity index (χ1n) is 12.6. The Balaban J connectivity index is 1.37. The number of nitrogens with zero attached hydrogens (tertiary/aromatic N) is 2. The maximum atomic E-state index is 13.2. The molecule has 0 aromatic heterocycles. The Morgan fingerprint density at radius 2 is 1.71 bits per heavy atom. The zero-order chi connectivity index (χ0) is 24.8. The van der Waals surface area contributed by atoms with E-state index in [1.165, 1.54) is 11.3 Å². The summed E-state index contributed by atoms with van der Waals surface area (Å²) in [5, 5.41) is 3.03. The molecule has 0 radical (unpaired) electrons. The van der Waals surface area contributed by atoms with Crippen LogP contribution in [0.25, 0.3) is 0 Å². The molecular formula is C28H33N3O4. The minimum atomic E-state index is -0.318. The van der Waals surface area contributed by atoms with E-state index < -0.39 is 0 Å². The smallest absolute Gasteiger partial charge is 0.261 e. The van der Waals surface area contributed by atoms with Crippen LogP contribution in [0, 0.1) is 5.92 Å². The van der Waals surface area contributed by atoms with Crippen LogP contribution in [0.4, 0.5) is 0 Å². The van der Waals surface area contributed by atoms with E-state index in [1.807, 2.05) is 6.07 Å². The highest BCUT2D eigenvalue weighted by molar-refractivity contribution is 6.21. The Morgan fingerprint density at radius 1 is 0.971 bits per heavy atom. The number of likely N-dealkylation sites (tertiary alicyclic amines) is 1. The van der Waals surface area contributed by atoms with Crippen molar-refractivity contribution >= 4 is 23.6 Å². The Hall–Kier alpha value is -3.48. The fourth-order valence-corrected chi connectivity index (χ4v) is 4.83. The van der Waals surface area contributed by atoms with Crippen LogP contribution < -0.4 is 5.32 Å². The summed E-state index contributed by atoms with van der Waals surface area (Å²) >= 11 is 0. The molecule has 2 heterocycles. The molecule has 1 N–H and O–H groups in total. The summed E-state index contributed by atoms with van der Waals surface area (Å²) in [6, 6.07) is 13.9. The normalized spacial score (nSPS) is 17.5. The summed E-state index contributed by atoms with van der Waals surface area (Å²) in [6.45, 7) is 3.97. The van der Waals surface area contributed by atoms with Gasteiger partial charge in [-0.1, -0.05) is 50.5 Å². The van der Waals surface area contributed by atoms with Crippen molar-refractivity contribution in [1.29, 1.82) is 0 Å². The molecule has 4 amide bonds. The number of amides is 4. The second-order valence-electron chi connectivity index (χ2n) is 9.38. The number of piperidine rings is 1. The van der Waals surface area contributed by atoms with Gasteiger partial charge < -0.3 is 10.2 Å². The Morgan fingerprint density at radius 3 is 2.43 bits per heavy atom. The predicted octanol–water partition coefficient (Wildman–Crippen LogP) is 4.03. The molecule has 35 heavy (non-hydrogen) atoms. The lowest BCUT2D eigenvalue weighted by molar-refractivity contribution is -0.126. The van der Waals surface area contributed by atoms with Crippen LogP contribution in [0.1, 0.15) is 82.1 Å². The average Bonchev–Trinajstić information content (AvgIpc) is 3.13. The lowest BCUT2D eigenvalue weighted by atomic mass is 9.96. The predicted molar refractivity (Wildman–Crippen MR) is 133 cm³/mol. The molecule has 0 saturated carbocycles. The van der Waals surface area contributed by atoms with Crippen molar-refractivity contribution in [2.24, 2.45) is 5.92 Å². The number of unbranched alkanes of at least 4 members (excludes halogenated alkanes) is 3. The first kappa shape index (κ1) is 24.6. The van der Waals surface area contributed by atoms with Crippen LogP contribution in [0.3, 0.4) is 0 Å². The molecule has 2 aliphatic rings. The Kier molecular flexibility index (Phi) is 7.95. The minimum Gasteiger partial charge on any atom is -0.356 e. The molecule has 1 unspecified atom stereocenters. The van der Waals surface area contributed by atoms with Gasteiger partial charge in [-0.2, -0.15) is 0 Å². The molecule has 1 atom stereocenters. The number of nitrogens with one attached hydrogen (secondary N) is 1. The van der Waals surface area contributed by atoms with Crippen molar-refractivity contribution in [2.45, 2.75) is 52.0 Å². The zero-order valence-corrected chi connectivity index (χ0v) is 20.3. The van der Waals surface area contributed by atoms with Crippen molar-refractivity contribution in [3.05, 3.63) is 70.8 Å². The second-order valence-corrected chi connectivity index (χ2v) is 9.38. The van der Waals surface area contributed by atoms with Gasteiger partial charge in [-0.25, -0.2) is 0 Å².